The van der Waals surface area contributed by atoms with Crippen LogP contribution in [0.1, 0.15) is 99.3 Å². The standard InChI is InChI=1S/C42H66O16/c1-37(2)11-13-42(36(54)58-34-29(50)26(47)25(46)22(17-43)55-34)14-12-40(5)19(20(42)15-37)7-8-24-38(3)16-21(45)32(39(4,18-44)23(38)9-10-41(24,40)6)57-35-30(51)27(48)28(49)31(56-35)33(52)53/h7,20-32,34-35,43-51H,8-18H2,1-6H3,(H,52,53)/t20-,21+,22-,23+,24-,25-,26+,27+,28+,29-,30-,31+,32+,34+,35+,38+,39+,40-,41-,42+/m1/s1. The molecule has 16 heteroatoms. The first kappa shape index (κ1) is 44.3. The topological polar surface area (TPSA) is 273 Å². The average molecular weight is 827 g/mol. The largest absolute Gasteiger partial charge is 0.479 e. The van der Waals surface area contributed by atoms with E-state index < -0.39 is 115 Å². The minimum absolute atomic E-state index is 0.0176. The van der Waals surface area contributed by atoms with E-state index in [4.69, 9.17) is 18.9 Å². The predicted molar refractivity (Wildman–Crippen MR) is 201 cm³/mol. The summed E-state index contributed by atoms with van der Waals surface area (Å²) in [4.78, 5) is 26.4. The molecule has 20 atom stereocenters. The zero-order valence-electron chi connectivity index (χ0n) is 34.4. The third-order valence-corrected chi connectivity index (χ3v) is 17.3. The maximum atomic E-state index is 14.6. The first-order chi connectivity index (χ1) is 27.0. The number of allylic oxidation sites excluding steroid dienone is 2. The number of carboxylic acid groups (broad SMARTS) is 1. The lowest BCUT2D eigenvalue weighted by Crippen LogP contribution is -2.69. The normalized spacial score (nSPS) is 53.8. The van der Waals surface area contributed by atoms with E-state index in [0.29, 0.717) is 38.5 Å². The van der Waals surface area contributed by atoms with Gasteiger partial charge in [0.25, 0.3) is 0 Å². The van der Waals surface area contributed by atoms with E-state index in [-0.39, 0.29) is 40.4 Å². The van der Waals surface area contributed by atoms with Crippen LogP contribution in [0.5, 0.6) is 0 Å². The Bertz CT molecular complexity index is 1620. The van der Waals surface area contributed by atoms with Crippen LogP contribution in [0.3, 0.4) is 0 Å². The van der Waals surface area contributed by atoms with E-state index >= 15 is 0 Å². The maximum Gasteiger partial charge on any atom is 0.335 e. The van der Waals surface area contributed by atoms with Gasteiger partial charge in [-0.3, -0.25) is 4.79 Å². The highest BCUT2D eigenvalue weighted by Gasteiger charge is 2.71. The van der Waals surface area contributed by atoms with Crippen LogP contribution in [0.4, 0.5) is 0 Å². The van der Waals surface area contributed by atoms with Gasteiger partial charge in [0.1, 0.15) is 42.7 Å². The second-order valence-electron chi connectivity index (χ2n) is 20.7. The number of esters is 1. The summed E-state index contributed by atoms with van der Waals surface area (Å²) in [5.41, 5.74) is -2.19. The summed E-state index contributed by atoms with van der Waals surface area (Å²) in [6.07, 6.45) is -11.5. The molecule has 2 heterocycles. The molecule has 0 spiro atoms. The van der Waals surface area contributed by atoms with Crippen molar-refractivity contribution in [2.24, 2.45) is 50.2 Å². The first-order valence-corrected chi connectivity index (χ1v) is 21.1. The van der Waals surface area contributed by atoms with Gasteiger partial charge in [-0.2, -0.15) is 0 Å². The zero-order chi connectivity index (χ0) is 42.7. The Labute approximate surface area is 339 Å². The Kier molecular flexibility index (Phi) is 11.4. The van der Waals surface area contributed by atoms with Crippen LogP contribution < -0.4 is 0 Å². The highest BCUT2D eigenvalue weighted by Crippen LogP contribution is 2.76. The lowest BCUT2D eigenvalue weighted by molar-refractivity contribution is -0.340. The van der Waals surface area contributed by atoms with Crippen LogP contribution in [0.25, 0.3) is 0 Å². The first-order valence-electron chi connectivity index (χ1n) is 21.1. The third-order valence-electron chi connectivity index (χ3n) is 17.3. The molecule has 7 aliphatic rings. The summed E-state index contributed by atoms with van der Waals surface area (Å²) in [5.74, 6) is -2.48. The molecule has 58 heavy (non-hydrogen) atoms. The van der Waals surface area contributed by atoms with E-state index in [0.717, 1.165) is 12.8 Å². The Morgan fingerprint density at radius 2 is 1.40 bits per heavy atom. The summed E-state index contributed by atoms with van der Waals surface area (Å²) in [6, 6.07) is 0. The zero-order valence-corrected chi connectivity index (χ0v) is 34.4. The van der Waals surface area contributed by atoms with E-state index in [1.807, 2.05) is 6.92 Å². The van der Waals surface area contributed by atoms with Crippen LogP contribution in [0, 0.1) is 50.2 Å². The molecule has 2 saturated heterocycles. The van der Waals surface area contributed by atoms with Gasteiger partial charge in [0.05, 0.1) is 30.8 Å². The highest BCUT2D eigenvalue weighted by molar-refractivity contribution is 5.79. The van der Waals surface area contributed by atoms with Crippen molar-refractivity contribution in [1.29, 1.82) is 0 Å². The molecular formula is C42H66O16. The molecule has 7 rings (SSSR count). The van der Waals surface area contributed by atoms with E-state index in [2.05, 4.69) is 40.7 Å². The number of aliphatic hydroxyl groups excluding tert-OH is 9. The van der Waals surface area contributed by atoms with Crippen LogP contribution in [-0.2, 0) is 28.5 Å². The number of aliphatic carboxylic acids is 1. The average Bonchev–Trinajstić information content (AvgIpc) is 3.16. The Morgan fingerprint density at radius 1 is 0.759 bits per heavy atom. The number of carbonyl (C=O) groups is 2. The summed E-state index contributed by atoms with van der Waals surface area (Å²) >= 11 is 0. The number of hydrogen-bond acceptors (Lipinski definition) is 15. The molecule has 6 fully saturated rings. The molecule has 0 aromatic carbocycles. The van der Waals surface area contributed by atoms with Gasteiger partial charge in [0, 0.05) is 5.41 Å². The number of hydrogen-bond donors (Lipinski definition) is 10. The number of rotatable bonds is 7. The molecule has 16 nitrogen and oxygen atoms in total. The third kappa shape index (κ3) is 6.37. The van der Waals surface area contributed by atoms with Gasteiger partial charge in [-0.15, -0.1) is 0 Å². The van der Waals surface area contributed by atoms with E-state index in [1.54, 1.807) is 0 Å². The molecule has 330 valence electrons. The summed E-state index contributed by atoms with van der Waals surface area (Å²) < 4.78 is 23.2. The minimum atomic E-state index is -1.91. The van der Waals surface area contributed by atoms with Gasteiger partial charge < -0.3 is 70.0 Å². The Balaban J connectivity index is 1.19. The maximum absolute atomic E-state index is 14.6. The molecule has 10 N–H and O–H groups in total. The van der Waals surface area contributed by atoms with Crippen molar-refractivity contribution in [3.05, 3.63) is 11.6 Å². The summed E-state index contributed by atoms with van der Waals surface area (Å²) in [7, 11) is 0. The quantitative estimate of drug-likeness (QED) is 0.0943. The number of carboxylic acids is 1. The lowest BCUT2D eigenvalue weighted by atomic mass is 9.33. The van der Waals surface area contributed by atoms with Crippen molar-refractivity contribution in [1.82, 2.24) is 0 Å². The SMILES string of the molecule is CC1(C)CC[C@]2(C(=O)O[C@@H]3O[C@H](CO)[C@@H](O)[C@H](O)[C@H]3O)CC[C@]3(C)C(=CC[C@@H]4[C@@]5(C)C[C@H](O)[C@H](O[C@@H]6O[C@H](C(=O)O)[C@@H](O)[C@H](O)[C@H]6O)[C@@](C)(CO)[C@H]5CC[C@]43C)[C@H]2C1. The number of aliphatic hydroxyl groups is 9. The van der Waals surface area contributed by atoms with Gasteiger partial charge in [-0.25, -0.2) is 4.79 Å². The second kappa shape index (κ2) is 14.9. The molecule has 5 aliphatic carbocycles. The summed E-state index contributed by atoms with van der Waals surface area (Å²) in [6.45, 7) is 12.0. The van der Waals surface area contributed by atoms with Crippen molar-refractivity contribution in [3.63, 3.8) is 0 Å². The smallest absolute Gasteiger partial charge is 0.335 e. The molecule has 0 radical (unpaired) electrons. The van der Waals surface area contributed by atoms with E-state index in [9.17, 15) is 60.7 Å². The van der Waals surface area contributed by atoms with Gasteiger partial charge in [-0.05, 0) is 97.2 Å². The van der Waals surface area contributed by atoms with Crippen molar-refractivity contribution in [3.8, 4) is 0 Å². The minimum Gasteiger partial charge on any atom is -0.479 e. The molecule has 2 aliphatic heterocycles. The fourth-order valence-electron chi connectivity index (χ4n) is 13.7. The van der Waals surface area contributed by atoms with Gasteiger partial charge in [0.15, 0.2) is 12.4 Å². The highest BCUT2D eigenvalue weighted by atomic mass is 16.7. The van der Waals surface area contributed by atoms with Crippen molar-refractivity contribution in [2.75, 3.05) is 13.2 Å². The number of carbonyl (C=O) groups excluding carboxylic acids is 1. The second-order valence-corrected chi connectivity index (χ2v) is 20.7. The fraction of sp³-hybridized carbons (Fsp3) is 0.905. The molecular weight excluding hydrogens is 760 g/mol. The molecule has 0 aromatic heterocycles. The predicted octanol–water partition coefficient (Wildman–Crippen LogP) is 0.352. The van der Waals surface area contributed by atoms with E-state index in [1.165, 1.54) is 5.57 Å². The number of ether oxygens (including phenoxy) is 4. The van der Waals surface area contributed by atoms with Gasteiger partial charge in [-0.1, -0.05) is 53.2 Å². The van der Waals surface area contributed by atoms with Gasteiger partial charge in [0.2, 0.25) is 6.29 Å². The molecule has 0 amide bonds. The van der Waals surface area contributed by atoms with Crippen molar-refractivity contribution < 1.29 is 79.6 Å². The van der Waals surface area contributed by atoms with Crippen LogP contribution in [0.15, 0.2) is 11.6 Å². The van der Waals surface area contributed by atoms with Crippen LogP contribution >= 0.6 is 0 Å². The Morgan fingerprint density at radius 3 is 2.03 bits per heavy atom. The Hall–Kier alpha value is -1.80. The number of fused-ring (bicyclic) bond motifs is 7. The molecule has 0 bridgehead atoms. The summed E-state index contributed by atoms with van der Waals surface area (Å²) in [5, 5.41) is 106. The molecule has 0 aromatic rings. The van der Waals surface area contributed by atoms with Crippen LogP contribution in [0.2, 0.25) is 0 Å². The van der Waals surface area contributed by atoms with Gasteiger partial charge >= 0.3 is 11.9 Å². The van der Waals surface area contributed by atoms with Crippen LogP contribution in [-0.4, -0.2) is 150 Å². The fourth-order valence-corrected chi connectivity index (χ4v) is 13.7. The lowest BCUT2D eigenvalue weighted by Gasteiger charge is -2.71. The molecule has 4 saturated carbocycles. The molecule has 0 unspecified atom stereocenters. The van der Waals surface area contributed by atoms with Crippen molar-refractivity contribution >= 4 is 11.9 Å². The van der Waals surface area contributed by atoms with Crippen molar-refractivity contribution in [2.45, 2.75) is 173 Å². The monoisotopic (exact) mass is 826 g/mol.